The maximum absolute atomic E-state index is 5.89. The van der Waals surface area contributed by atoms with Crippen LogP contribution in [-0.4, -0.2) is 37.1 Å². The first kappa shape index (κ1) is 13.8. The molecule has 0 bridgehead atoms. The van der Waals surface area contributed by atoms with Gasteiger partial charge in [0.2, 0.25) is 0 Å². The van der Waals surface area contributed by atoms with Crippen molar-refractivity contribution in [3.05, 3.63) is 36.0 Å². The standard InChI is InChI=1S/C15H21N3O/c1-18(2)8-5-9-19-15-10-12(11-16)17-14-7-4-3-6-13(14)15/h3-4,6-7,10H,5,8-9,11,16H2,1-2H3. The van der Waals surface area contributed by atoms with Gasteiger partial charge in [-0.25, -0.2) is 0 Å². The zero-order valence-electron chi connectivity index (χ0n) is 11.6. The molecule has 0 aliphatic carbocycles. The molecule has 0 unspecified atom stereocenters. The van der Waals surface area contributed by atoms with E-state index in [1.54, 1.807) is 0 Å². The number of rotatable bonds is 6. The number of para-hydroxylation sites is 1. The fourth-order valence-corrected chi connectivity index (χ4v) is 1.98. The number of nitrogens with zero attached hydrogens (tertiary/aromatic N) is 2. The Morgan fingerprint density at radius 1 is 1.26 bits per heavy atom. The predicted molar refractivity (Wildman–Crippen MR) is 78.3 cm³/mol. The number of hydrogen-bond donors (Lipinski definition) is 1. The second kappa shape index (κ2) is 6.50. The van der Waals surface area contributed by atoms with Gasteiger partial charge in [-0.15, -0.1) is 0 Å². The summed E-state index contributed by atoms with van der Waals surface area (Å²) in [6, 6.07) is 9.94. The molecule has 0 fully saturated rings. The molecule has 1 aromatic heterocycles. The smallest absolute Gasteiger partial charge is 0.130 e. The van der Waals surface area contributed by atoms with Gasteiger partial charge in [-0.05, 0) is 32.6 Å². The van der Waals surface area contributed by atoms with Gasteiger partial charge in [0.25, 0.3) is 0 Å². The van der Waals surface area contributed by atoms with Crippen LogP contribution in [0.25, 0.3) is 10.9 Å². The summed E-state index contributed by atoms with van der Waals surface area (Å²) in [4.78, 5) is 6.65. The van der Waals surface area contributed by atoms with Gasteiger partial charge in [0.1, 0.15) is 5.75 Å². The predicted octanol–water partition coefficient (Wildman–Crippen LogP) is 2.02. The number of benzene rings is 1. The van der Waals surface area contributed by atoms with Gasteiger partial charge in [0.05, 0.1) is 17.8 Å². The molecule has 0 aliphatic rings. The Hall–Kier alpha value is -1.65. The van der Waals surface area contributed by atoms with E-state index in [1.165, 1.54) is 0 Å². The first-order valence-corrected chi connectivity index (χ1v) is 6.57. The summed E-state index contributed by atoms with van der Waals surface area (Å²) in [7, 11) is 4.13. The molecular formula is C15H21N3O. The molecule has 1 heterocycles. The zero-order valence-corrected chi connectivity index (χ0v) is 11.6. The number of ether oxygens (including phenoxy) is 1. The van der Waals surface area contributed by atoms with Crippen molar-refractivity contribution in [2.45, 2.75) is 13.0 Å². The van der Waals surface area contributed by atoms with Gasteiger partial charge in [0, 0.05) is 24.5 Å². The maximum Gasteiger partial charge on any atom is 0.130 e. The third kappa shape index (κ3) is 3.66. The van der Waals surface area contributed by atoms with Crippen LogP contribution in [0.5, 0.6) is 5.75 Å². The lowest BCUT2D eigenvalue weighted by Gasteiger charge is -2.12. The van der Waals surface area contributed by atoms with Crippen LogP contribution in [-0.2, 0) is 6.54 Å². The van der Waals surface area contributed by atoms with E-state index in [0.717, 1.165) is 35.3 Å². The average Bonchev–Trinajstić information content (AvgIpc) is 2.42. The van der Waals surface area contributed by atoms with Gasteiger partial charge in [0.15, 0.2) is 0 Å². The van der Waals surface area contributed by atoms with E-state index in [4.69, 9.17) is 10.5 Å². The number of aromatic nitrogens is 1. The number of hydrogen-bond acceptors (Lipinski definition) is 4. The van der Waals surface area contributed by atoms with Crippen LogP contribution in [0.1, 0.15) is 12.1 Å². The summed E-state index contributed by atoms with van der Waals surface area (Å²) in [5, 5.41) is 1.05. The van der Waals surface area contributed by atoms with Crippen LogP contribution in [0.2, 0.25) is 0 Å². The van der Waals surface area contributed by atoms with Gasteiger partial charge < -0.3 is 15.4 Å². The molecular weight excluding hydrogens is 238 g/mol. The Morgan fingerprint density at radius 3 is 2.79 bits per heavy atom. The van der Waals surface area contributed by atoms with Crippen LogP contribution in [0.4, 0.5) is 0 Å². The van der Waals surface area contributed by atoms with Crippen molar-refractivity contribution in [3.63, 3.8) is 0 Å². The Bertz CT molecular complexity index is 540. The molecule has 0 spiro atoms. The van der Waals surface area contributed by atoms with Crippen molar-refractivity contribution in [2.24, 2.45) is 5.73 Å². The van der Waals surface area contributed by atoms with E-state index < -0.39 is 0 Å². The van der Waals surface area contributed by atoms with Crippen LogP contribution < -0.4 is 10.5 Å². The Labute approximate surface area is 114 Å². The van der Waals surface area contributed by atoms with E-state index in [-0.39, 0.29) is 0 Å². The van der Waals surface area contributed by atoms with Crippen molar-refractivity contribution < 1.29 is 4.74 Å². The molecule has 2 rings (SSSR count). The Kier molecular flexibility index (Phi) is 4.71. The lowest BCUT2D eigenvalue weighted by molar-refractivity contribution is 0.284. The van der Waals surface area contributed by atoms with Crippen molar-refractivity contribution in [1.82, 2.24) is 9.88 Å². The topological polar surface area (TPSA) is 51.4 Å². The summed E-state index contributed by atoms with van der Waals surface area (Å²) in [5.74, 6) is 0.879. The molecule has 0 radical (unpaired) electrons. The summed E-state index contributed by atoms with van der Waals surface area (Å²) >= 11 is 0. The maximum atomic E-state index is 5.89. The number of fused-ring (bicyclic) bond motifs is 1. The second-order valence-electron chi connectivity index (χ2n) is 4.84. The summed E-state index contributed by atoms with van der Waals surface area (Å²) in [6.45, 7) is 2.15. The van der Waals surface area contributed by atoms with E-state index >= 15 is 0 Å². The molecule has 0 atom stereocenters. The zero-order chi connectivity index (χ0) is 13.7. The van der Waals surface area contributed by atoms with E-state index in [9.17, 15) is 0 Å². The van der Waals surface area contributed by atoms with Gasteiger partial charge in [-0.1, -0.05) is 12.1 Å². The van der Waals surface area contributed by atoms with Crippen molar-refractivity contribution >= 4 is 10.9 Å². The van der Waals surface area contributed by atoms with Gasteiger partial charge in [-0.3, -0.25) is 4.98 Å². The fraction of sp³-hybridized carbons (Fsp3) is 0.400. The molecule has 1 aromatic carbocycles. The number of pyridine rings is 1. The minimum Gasteiger partial charge on any atom is -0.493 e. The molecule has 2 N–H and O–H groups in total. The van der Waals surface area contributed by atoms with Crippen LogP contribution in [0.3, 0.4) is 0 Å². The number of nitrogens with two attached hydrogens (primary N) is 1. The van der Waals surface area contributed by atoms with Crippen LogP contribution >= 0.6 is 0 Å². The molecule has 0 saturated heterocycles. The van der Waals surface area contributed by atoms with Gasteiger partial charge in [-0.2, -0.15) is 0 Å². The fourth-order valence-electron chi connectivity index (χ4n) is 1.98. The highest BCUT2D eigenvalue weighted by Crippen LogP contribution is 2.25. The molecule has 4 nitrogen and oxygen atoms in total. The Morgan fingerprint density at radius 2 is 2.05 bits per heavy atom. The highest BCUT2D eigenvalue weighted by Gasteiger charge is 2.05. The van der Waals surface area contributed by atoms with Crippen LogP contribution in [0.15, 0.2) is 30.3 Å². The van der Waals surface area contributed by atoms with Gasteiger partial charge >= 0.3 is 0 Å². The monoisotopic (exact) mass is 259 g/mol. The lowest BCUT2D eigenvalue weighted by Crippen LogP contribution is -2.15. The first-order valence-electron chi connectivity index (χ1n) is 6.57. The highest BCUT2D eigenvalue weighted by atomic mass is 16.5. The van der Waals surface area contributed by atoms with Crippen molar-refractivity contribution in [2.75, 3.05) is 27.2 Å². The summed E-state index contributed by atoms with van der Waals surface area (Å²) in [5.41, 5.74) is 7.48. The highest BCUT2D eigenvalue weighted by molar-refractivity contribution is 5.85. The average molecular weight is 259 g/mol. The largest absolute Gasteiger partial charge is 0.493 e. The third-order valence-corrected chi connectivity index (χ3v) is 2.95. The molecule has 4 heteroatoms. The lowest BCUT2D eigenvalue weighted by atomic mass is 10.2. The third-order valence-electron chi connectivity index (χ3n) is 2.95. The summed E-state index contributed by atoms with van der Waals surface area (Å²) in [6.07, 6.45) is 1.00. The van der Waals surface area contributed by atoms with E-state index in [0.29, 0.717) is 13.2 Å². The molecule has 2 aromatic rings. The molecule has 0 saturated carbocycles. The van der Waals surface area contributed by atoms with E-state index in [1.807, 2.05) is 30.3 Å². The van der Waals surface area contributed by atoms with Crippen LogP contribution in [0, 0.1) is 0 Å². The summed E-state index contributed by atoms with van der Waals surface area (Å²) < 4.78 is 5.89. The van der Waals surface area contributed by atoms with Crippen molar-refractivity contribution in [1.29, 1.82) is 0 Å². The normalized spacial score (nSPS) is 11.2. The SMILES string of the molecule is CN(C)CCCOc1cc(CN)nc2ccccc12. The molecule has 0 aliphatic heterocycles. The molecule has 102 valence electrons. The molecule has 19 heavy (non-hydrogen) atoms. The second-order valence-corrected chi connectivity index (χ2v) is 4.84. The molecule has 0 amide bonds. The van der Waals surface area contributed by atoms with Crippen molar-refractivity contribution in [3.8, 4) is 5.75 Å². The first-order chi connectivity index (χ1) is 9.20. The quantitative estimate of drug-likeness (QED) is 0.806. The van der Waals surface area contributed by atoms with E-state index in [2.05, 4.69) is 24.0 Å². The Balaban J connectivity index is 2.16. The minimum absolute atomic E-state index is 0.429. The minimum atomic E-state index is 0.429.